The highest BCUT2D eigenvalue weighted by atomic mass is 19.1. The zero-order valence-corrected chi connectivity index (χ0v) is 16.5. The minimum atomic E-state index is -0.378. The smallest absolute Gasteiger partial charge is 0.266 e. The SMILES string of the molecule is CCOc1ccc(-c2ccc(=O)n(CCNC(=O)COc3ccc(F)cc3)n2)cc1. The highest BCUT2D eigenvalue weighted by Crippen LogP contribution is 2.19. The molecule has 0 unspecified atom stereocenters. The normalized spacial score (nSPS) is 10.5. The number of amides is 1. The van der Waals surface area contributed by atoms with Crippen molar-refractivity contribution in [2.75, 3.05) is 19.8 Å². The summed E-state index contributed by atoms with van der Waals surface area (Å²) in [5.41, 5.74) is 1.23. The van der Waals surface area contributed by atoms with Crippen LogP contribution in [-0.4, -0.2) is 35.4 Å². The van der Waals surface area contributed by atoms with E-state index in [2.05, 4.69) is 10.4 Å². The predicted octanol–water partition coefficient (Wildman–Crippen LogP) is 2.64. The van der Waals surface area contributed by atoms with Crippen LogP contribution in [0.1, 0.15) is 6.92 Å². The Morgan fingerprint density at radius 1 is 1.00 bits per heavy atom. The number of nitrogens with one attached hydrogen (secondary N) is 1. The van der Waals surface area contributed by atoms with Crippen LogP contribution in [0.2, 0.25) is 0 Å². The lowest BCUT2D eigenvalue weighted by Crippen LogP contribution is -2.34. The lowest BCUT2D eigenvalue weighted by atomic mass is 10.1. The molecular weight excluding hydrogens is 389 g/mol. The lowest BCUT2D eigenvalue weighted by molar-refractivity contribution is -0.123. The molecule has 3 rings (SSSR count). The van der Waals surface area contributed by atoms with Gasteiger partial charge in [0.25, 0.3) is 11.5 Å². The van der Waals surface area contributed by atoms with Crippen molar-refractivity contribution in [3.05, 3.63) is 76.8 Å². The van der Waals surface area contributed by atoms with Crippen LogP contribution in [-0.2, 0) is 11.3 Å². The third kappa shape index (κ3) is 5.91. The van der Waals surface area contributed by atoms with Gasteiger partial charge in [-0.05, 0) is 61.5 Å². The van der Waals surface area contributed by atoms with Crippen molar-refractivity contribution in [3.8, 4) is 22.8 Å². The first-order chi connectivity index (χ1) is 14.5. The summed E-state index contributed by atoms with van der Waals surface area (Å²) in [7, 11) is 0. The molecule has 0 aliphatic carbocycles. The van der Waals surface area contributed by atoms with Crippen LogP contribution in [0, 0.1) is 5.82 Å². The first-order valence-electron chi connectivity index (χ1n) is 9.51. The van der Waals surface area contributed by atoms with Gasteiger partial charge in [0.15, 0.2) is 6.61 Å². The Morgan fingerprint density at radius 3 is 2.37 bits per heavy atom. The number of ether oxygens (including phenoxy) is 2. The van der Waals surface area contributed by atoms with Gasteiger partial charge in [-0.2, -0.15) is 5.10 Å². The molecule has 0 aliphatic heterocycles. The van der Waals surface area contributed by atoms with Gasteiger partial charge in [-0.3, -0.25) is 9.59 Å². The second kappa shape index (κ2) is 10.2. The molecule has 0 atom stereocenters. The van der Waals surface area contributed by atoms with Crippen molar-refractivity contribution < 1.29 is 18.7 Å². The van der Waals surface area contributed by atoms with E-state index in [0.717, 1.165) is 11.3 Å². The highest BCUT2D eigenvalue weighted by molar-refractivity contribution is 5.77. The van der Waals surface area contributed by atoms with E-state index < -0.39 is 0 Å². The summed E-state index contributed by atoms with van der Waals surface area (Å²) >= 11 is 0. The summed E-state index contributed by atoms with van der Waals surface area (Å²) in [6.07, 6.45) is 0. The van der Waals surface area contributed by atoms with Gasteiger partial charge in [0, 0.05) is 18.2 Å². The number of rotatable bonds is 9. The molecule has 0 saturated carbocycles. The standard InChI is InChI=1S/C22H22FN3O4/c1-2-29-18-7-3-16(4-8-18)20-11-12-22(28)26(25-20)14-13-24-21(27)15-30-19-9-5-17(23)6-10-19/h3-12H,2,13-15H2,1H3,(H,24,27). The van der Waals surface area contributed by atoms with Crippen molar-refractivity contribution in [1.29, 1.82) is 0 Å². The number of carbonyl (C=O) groups is 1. The van der Waals surface area contributed by atoms with Crippen molar-refractivity contribution in [2.24, 2.45) is 0 Å². The first-order valence-corrected chi connectivity index (χ1v) is 9.51. The van der Waals surface area contributed by atoms with Gasteiger partial charge in [0.2, 0.25) is 0 Å². The molecule has 156 valence electrons. The lowest BCUT2D eigenvalue weighted by Gasteiger charge is -2.10. The Balaban J connectivity index is 1.53. The molecule has 0 fully saturated rings. The molecule has 1 N–H and O–H groups in total. The minimum Gasteiger partial charge on any atom is -0.494 e. The monoisotopic (exact) mass is 411 g/mol. The molecule has 1 amide bonds. The van der Waals surface area contributed by atoms with Gasteiger partial charge in [-0.25, -0.2) is 9.07 Å². The van der Waals surface area contributed by atoms with E-state index in [4.69, 9.17) is 9.47 Å². The molecule has 0 spiro atoms. The summed E-state index contributed by atoms with van der Waals surface area (Å²) in [6.45, 7) is 2.72. The zero-order valence-electron chi connectivity index (χ0n) is 16.5. The van der Waals surface area contributed by atoms with E-state index in [-0.39, 0.29) is 37.0 Å². The van der Waals surface area contributed by atoms with Gasteiger partial charge in [-0.15, -0.1) is 0 Å². The third-order valence-corrected chi connectivity index (χ3v) is 4.16. The van der Waals surface area contributed by atoms with Crippen molar-refractivity contribution >= 4 is 5.91 Å². The van der Waals surface area contributed by atoms with Crippen molar-refractivity contribution in [2.45, 2.75) is 13.5 Å². The molecule has 3 aromatic rings. The number of halogens is 1. The second-order valence-corrected chi connectivity index (χ2v) is 6.33. The number of hydrogen-bond acceptors (Lipinski definition) is 5. The number of hydrogen-bond donors (Lipinski definition) is 1. The Hall–Kier alpha value is -3.68. The molecule has 2 aromatic carbocycles. The van der Waals surface area contributed by atoms with Crippen LogP contribution in [0.3, 0.4) is 0 Å². The van der Waals surface area contributed by atoms with Crippen LogP contribution >= 0.6 is 0 Å². The summed E-state index contributed by atoms with van der Waals surface area (Å²) in [6, 6.07) is 15.9. The Labute approximate surface area is 173 Å². The Bertz CT molecular complexity index is 1030. The molecule has 1 heterocycles. The first kappa shape index (κ1) is 21.0. The fourth-order valence-corrected chi connectivity index (χ4v) is 2.68. The fourth-order valence-electron chi connectivity index (χ4n) is 2.68. The number of benzene rings is 2. The number of carbonyl (C=O) groups excluding carboxylic acids is 1. The van der Waals surface area contributed by atoms with E-state index in [9.17, 15) is 14.0 Å². The van der Waals surface area contributed by atoms with Gasteiger partial charge in [-0.1, -0.05) is 0 Å². The summed E-state index contributed by atoms with van der Waals surface area (Å²) in [5, 5.41) is 7.03. The van der Waals surface area contributed by atoms with Gasteiger partial charge in [0.1, 0.15) is 17.3 Å². The average molecular weight is 411 g/mol. The largest absolute Gasteiger partial charge is 0.494 e. The van der Waals surface area contributed by atoms with E-state index in [1.807, 2.05) is 31.2 Å². The topological polar surface area (TPSA) is 82.5 Å². The summed E-state index contributed by atoms with van der Waals surface area (Å²) < 4.78 is 24.9. The molecule has 0 radical (unpaired) electrons. The van der Waals surface area contributed by atoms with E-state index in [1.54, 1.807) is 6.07 Å². The molecule has 8 heteroatoms. The quantitative estimate of drug-likeness (QED) is 0.585. The van der Waals surface area contributed by atoms with Crippen LogP contribution in [0.25, 0.3) is 11.3 Å². The summed E-state index contributed by atoms with van der Waals surface area (Å²) in [5.74, 6) is 0.430. The maximum absolute atomic E-state index is 12.9. The Morgan fingerprint density at radius 2 is 1.67 bits per heavy atom. The van der Waals surface area contributed by atoms with Crippen molar-refractivity contribution in [3.63, 3.8) is 0 Å². The number of aromatic nitrogens is 2. The van der Waals surface area contributed by atoms with Gasteiger partial charge >= 0.3 is 0 Å². The van der Waals surface area contributed by atoms with Crippen LogP contribution in [0.4, 0.5) is 4.39 Å². The summed E-state index contributed by atoms with van der Waals surface area (Å²) in [4.78, 5) is 24.0. The molecule has 0 saturated heterocycles. The number of nitrogens with zero attached hydrogens (tertiary/aromatic N) is 2. The molecule has 1 aromatic heterocycles. The van der Waals surface area contributed by atoms with Crippen LogP contribution in [0.5, 0.6) is 11.5 Å². The third-order valence-electron chi connectivity index (χ3n) is 4.16. The maximum atomic E-state index is 12.9. The molecule has 30 heavy (non-hydrogen) atoms. The second-order valence-electron chi connectivity index (χ2n) is 6.33. The van der Waals surface area contributed by atoms with Crippen LogP contribution in [0.15, 0.2) is 65.5 Å². The van der Waals surface area contributed by atoms with Gasteiger partial charge < -0.3 is 14.8 Å². The molecule has 7 nitrogen and oxygen atoms in total. The Kier molecular flexibility index (Phi) is 7.15. The average Bonchev–Trinajstić information content (AvgIpc) is 2.75. The van der Waals surface area contributed by atoms with E-state index in [1.165, 1.54) is 35.0 Å². The minimum absolute atomic E-state index is 0.208. The van der Waals surface area contributed by atoms with Gasteiger partial charge in [0.05, 0.1) is 18.8 Å². The van der Waals surface area contributed by atoms with E-state index >= 15 is 0 Å². The fraction of sp³-hybridized carbons (Fsp3) is 0.227. The predicted molar refractivity (Wildman–Crippen MR) is 110 cm³/mol. The highest BCUT2D eigenvalue weighted by Gasteiger charge is 2.06. The molecular formula is C22H22FN3O4. The maximum Gasteiger partial charge on any atom is 0.266 e. The van der Waals surface area contributed by atoms with Crippen LogP contribution < -0.4 is 20.3 Å². The molecule has 0 aliphatic rings. The molecule has 0 bridgehead atoms. The zero-order chi connectivity index (χ0) is 21.3. The van der Waals surface area contributed by atoms with Crippen molar-refractivity contribution in [1.82, 2.24) is 15.1 Å². The van der Waals surface area contributed by atoms with E-state index in [0.29, 0.717) is 18.1 Å².